The number of hydrogen-bond donors (Lipinski definition) is 0. The van der Waals surface area contributed by atoms with Crippen molar-refractivity contribution in [2.24, 2.45) is 0 Å². The van der Waals surface area contributed by atoms with E-state index in [2.05, 4.69) is 39.5 Å². The average molecular weight is 518 g/mol. The fourth-order valence-corrected chi connectivity index (χ4v) is 3.89. The summed E-state index contributed by atoms with van der Waals surface area (Å²) in [5.74, 6) is 0. The molecule has 4 heteroatoms. The molecule has 0 aromatic heterocycles. The molecule has 0 aliphatic rings. The van der Waals surface area contributed by atoms with Gasteiger partial charge >= 0.3 is 0 Å². The molecular formula is C24H42Br2N2. The second-order valence-electron chi connectivity index (χ2n) is 7.37. The maximum atomic E-state index is 3.94. The van der Waals surface area contributed by atoms with Crippen LogP contribution in [0.1, 0.15) is 25.7 Å². The van der Waals surface area contributed by atoms with Crippen molar-refractivity contribution in [3.05, 3.63) is 75.9 Å². The van der Waals surface area contributed by atoms with Gasteiger partial charge in [0.1, 0.15) is 0 Å². The van der Waals surface area contributed by atoms with Crippen LogP contribution in [0.3, 0.4) is 0 Å². The minimum atomic E-state index is 0. The van der Waals surface area contributed by atoms with E-state index >= 15 is 0 Å². The second-order valence-corrected chi connectivity index (χ2v) is 7.37. The summed E-state index contributed by atoms with van der Waals surface area (Å²) < 4.78 is 2.00. The molecule has 0 rings (SSSR count). The highest BCUT2D eigenvalue weighted by Crippen LogP contribution is 2.15. The lowest BCUT2D eigenvalue weighted by atomic mass is 10.1. The van der Waals surface area contributed by atoms with Gasteiger partial charge in [0.05, 0.1) is 52.4 Å². The van der Waals surface area contributed by atoms with Crippen LogP contribution in [-0.4, -0.2) is 61.3 Å². The summed E-state index contributed by atoms with van der Waals surface area (Å²) in [5, 5.41) is 0. The summed E-state index contributed by atoms with van der Waals surface area (Å²) in [6.45, 7) is 31.8. The van der Waals surface area contributed by atoms with Gasteiger partial charge in [-0.05, 0) is 62.1 Å². The molecule has 0 aromatic carbocycles. The molecule has 0 aromatic rings. The predicted octanol–water partition coefficient (Wildman–Crippen LogP) is -0.696. The molecule has 162 valence electrons. The molecule has 0 saturated carbocycles. The van der Waals surface area contributed by atoms with Crippen molar-refractivity contribution in [1.82, 2.24) is 0 Å². The number of quaternary nitrogens is 2. The molecule has 28 heavy (non-hydrogen) atoms. The van der Waals surface area contributed by atoms with Gasteiger partial charge in [0, 0.05) is 0 Å². The monoisotopic (exact) mass is 516 g/mol. The normalized spacial score (nSPS) is 10.7. The Labute approximate surface area is 196 Å². The van der Waals surface area contributed by atoms with E-state index in [-0.39, 0.29) is 34.0 Å². The van der Waals surface area contributed by atoms with Crippen LogP contribution in [-0.2, 0) is 0 Å². The summed E-state index contributed by atoms with van der Waals surface area (Å²) in [7, 11) is 0. The number of hydrogen-bond acceptors (Lipinski definition) is 0. The lowest BCUT2D eigenvalue weighted by Crippen LogP contribution is -3.00. The van der Waals surface area contributed by atoms with Crippen LogP contribution < -0.4 is 34.0 Å². The van der Waals surface area contributed by atoms with E-state index in [1.807, 2.05) is 36.5 Å². The van der Waals surface area contributed by atoms with Crippen molar-refractivity contribution < 1.29 is 42.9 Å². The third kappa shape index (κ3) is 12.7. The summed E-state index contributed by atoms with van der Waals surface area (Å²) in [5.41, 5.74) is 0. The van der Waals surface area contributed by atoms with Crippen molar-refractivity contribution >= 4 is 0 Å². The molecule has 0 unspecified atom stereocenters. The first kappa shape index (κ1) is 32.0. The number of halogens is 2. The van der Waals surface area contributed by atoms with Gasteiger partial charge in [0.15, 0.2) is 0 Å². The van der Waals surface area contributed by atoms with Crippen LogP contribution in [0, 0.1) is 0 Å². The van der Waals surface area contributed by atoms with E-state index in [4.69, 9.17) is 0 Å². The lowest BCUT2D eigenvalue weighted by Gasteiger charge is -2.37. The molecule has 0 fully saturated rings. The molecule has 0 heterocycles. The van der Waals surface area contributed by atoms with Crippen LogP contribution in [0.25, 0.3) is 0 Å². The highest BCUT2D eigenvalue weighted by Gasteiger charge is 2.23. The number of unbranched alkanes of at least 4 members (excludes halogenated alkanes) is 3. The molecule has 0 saturated heterocycles. The van der Waals surface area contributed by atoms with Crippen LogP contribution in [0.5, 0.6) is 0 Å². The Balaban J connectivity index is -0.00000312. The van der Waals surface area contributed by atoms with E-state index in [0.29, 0.717) is 0 Å². The first-order chi connectivity index (χ1) is 12.6. The maximum Gasteiger partial charge on any atom is 0.0975 e. The molecule has 0 spiro atoms. The Morgan fingerprint density at radius 2 is 0.607 bits per heavy atom. The third-order valence-electron chi connectivity index (χ3n) is 5.11. The molecule has 0 radical (unpaired) electrons. The van der Waals surface area contributed by atoms with E-state index < -0.39 is 0 Å². The lowest BCUT2D eigenvalue weighted by molar-refractivity contribution is -0.912. The van der Waals surface area contributed by atoms with Crippen molar-refractivity contribution in [1.29, 1.82) is 0 Å². The maximum absolute atomic E-state index is 3.94. The van der Waals surface area contributed by atoms with Crippen LogP contribution >= 0.6 is 0 Å². The largest absolute Gasteiger partial charge is 1.00 e. The first-order valence-electron chi connectivity index (χ1n) is 9.93. The van der Waals surface area contributed by atoms with Gasteiger partial charge in [-0.1, -0.05) is 39.5 Å². The van der Waals surface area contributed by atoms with Gasteiger partial charge in [-0.25, -0.2) is 0 Å². The molecule has 0 amide bonds. The van der Waals surface area contributed by atoms with Gasteiger partial charge in [-0.15, -0.1) is 0 Å². The number of nitrogens with zero attached hydrogens (tertiary/aromatic N) is 2. The highest BCUT2D eigenvalue weighted by molar-refractivity contribution is 4.77. The van der Waals surface area contributed by atoms with Crippen LogP contribution in [0.2, 0.25) is 0 Å². The van der Waals surface area contributed by atoms with Gasteiger partial charge in [-0.2, -0.15) is 0 Å². The molecule has 2 nitrogen and oxygen atoms in total. The van der Waals surface area contributed by atoms with Crippen molar-refractivity contribution in [3.63, 3.8) is 0 Å². The quantitative estimate of drug-likeness (QED) is 0.121. The van der Waals surface area contributed by atoms with Gasteiger partial charge in [-0.3, -0.25) is 0 Å². The molecule has 0 aliphatic heterocycles. The topological polar surface area (TPSA) is 0 Å². The van der Waals surface area contributed by atoms with Crippen molar-refractivity contribution in [3.8, 4) is 0 Å². The summed E-state index contributed by atoms with van der Waals surface area (Å²) >= 11 is 0. The molecule has 0 bridgehead atoms. The minimum absolute atomic E-state index is 0. The van der Waals surface area contributed by atoms with Crippen molar-refractivity contribution in [2.75, 3.05) is 52.4 Å². The molecular weight excluding hydrogens is 476 g/mol. The SMILES string of the molecule is C=CC[N+](CC=C)(CC=C)CCCCCC[N+](CC=C)(CC=C)CC=C.[Br-].[Br-]. The summed E-state index contributed by atoms with van der Waals surface area (Å²) in [6, 6.07) is 0. The van der Waals surface area contributed by atoms with Crippen LogP contribution in [0.15, 0.2) is 75.9 Å². The zero-order valence-electron chi connectivity index (χ0n) is 17.8. The zero-order chi connectivity index (χ0) is 19.7. The van der Waals surface area contributed by atoms with Gasteiger partial charge in [0.2, 0.25) is 0 Å². The predicted molar refractivity (Wildman–Crippen MR) is 119 cm³/mol. The summed E-state index contributed by atoms with van der Waals surface area (Å²) in [6.07, 6.45) is 17.2. The Morgan fingerprint density at radius 3 is 0.786 bits per heavy atom. The van der Waals surface area contributed by atoms with Gasteiger partial charge < -0.3 is 42.9 Å². The number of rotatable bonds is 19. The zero-order valence-corrected chi connectivity index (χ0v) is 21.0. The first-order valence-corrected chi connectivity index (χ1v) is 9.93. The molecule has 0 atom stereocenters. The standard InChI is InChI=1S/C24H42N2.2BrH/c1-7-17-25(18-8-2,19-9-3)23-15-13-14-16-24-26(20-10-4,21-11-5)22-12-6;;/h7-12H,1-6,13-24H2;2*1H/q+2;;/p-2. The summed E-state index contributed by atoms with van der Waals surface area (Å²) in [4.78, 5) is 0. The second kappa shape index (κ2) is 19.6. The molecule has 0 aliphatic carbocycles. The van der Waals surface area contributed by atoms with Crippen molar-refractivity contribution in [2.45, 2.75) is 25.7 Å². The molecule has 0 N–H and O–H groups in total. The van der Waals surface area contributed by atoms with E-state index in [0.717, 1.165) is 61.3 Å². The van der Waals surface area contributed by atoms with E-state index in [1.165, 1.54) is 25.7 Å². The fourth-order valence-electron chi connectivity index (χ4n) is 3.89. The Morgan fingerprint density at radius 1 is 0.393 bits per heavy atom. The smallest absolute Gasteiger partial charge is 0.0975 e. The Hall–Kier alpha value is -0.680. The van der Waals surface area contributed by atoms with E-state index in [1.54, 1.807) is 0 Å². The average Bonchev–Trinajstić information content (AvgIpc) is 2.59. The minimum Gasteiger partial charge on any atom is -1.00 e. The Bertz CT molecular complexity index is 362. The third-order valence-corrected chi connectivity index (χ3v) is 5.11. The van der Waals surface area contributed by atoms with Crippen LogP contribution in [0.4, 0.5) is 0 Å². The highest BCUT2D eigenvalue weighted by atomic mass is 79.9. The Kier molecular flexibility index (Phi) is 22.4. The van der Waals surface area contributed by atoms with E-state index in [9.17, 15) is 0 Å². The fraction of sp³-hybridized carbons (Fsp3) is 0.500. The van der Waals surface area contributed by atoms with Gasteiger partial charge in [0.25, 0.3) is 0 Å².